The van der Waals surface area contributed by atoms with Crippen molar-refractivity contribution in [1.82, 2.24) is 0 Å². The molecule has 1 aliphatic rings. The number of carbonyl (C=O) groups is 1. The van der Waals surface area contributed by atoms with Crippen molar-refractivity contribution in [3.05, 3.63) is 28.2 Å². The molecule has 0 radical (unpaired) electrons. The molecule has 1 aromatic carbocycles. The van der Waals surface area contributed by atoms with E-state index in [0.717, 1.165) is 29.4 Å². The van der Waals surface area contributed by atoms with Crippen LogP contribution in [0, 0.1) is 5.41 Å². The van der Waals surface area contributed by atoms with Gasteiger partial charge < -0.3 is 4.90 Å². The number of halogens is 1. The van der Waals surface area contributed by atoms with E-state index in [4.69, 9.17) is 0 Å². The fourth-order valence-corrected chi connectivity index (χ4v) is 3.47. The Kier molecular flexibility index (Phi) is 4.10. The van der Waals surface area contributed by atoms with Crippen LogP contribution in [-0.4, -0.2) is 19.4 Å². The molecule has 1 heterocycles. The highest BCUT2D eigenvalue weighted by Gasteiger charge is 2.35. The van der Waals surface area contributed by atoms with Crippen molar-refractivity contribution in [1.29, 1.82) is 0 Å². The molecular weight excluding hydrogens is 290 g/mol. The van der Waals surface area contributed by atoms with Gasteiger partial charge in [-0.3, -0.25) is 4.79 Å². The summed E-state index contributed by atoms with van der Waals surface area (Å²) < 4.78 is 1.02. The zero-order valence-electron chi connectivity index (χ0n) is 11.1. The van der Waals surface area contributed by atoms with Gasteiger partial charge in [0.1, 0.15) is 6.29 Å². The summed E-state index contributed by atoms with van der Waals surface area (Å²) in [5, 5.41) is 0. The van der Waals surface area contributed by atoms with Crippen LogP contribution in [-0.2, 0) is 0 Å². The second-order valence-corrected chi connectivity index (χ2v) is 6.06. The van der Waals surface area contributed by atoms with Crippen LogP contribution in [0.1, 0.15) is 43.5 Å². The smallest absolute Gasteiger partial charge is 0.150 e. The first-order chi connectivity index (χ1) is 8.64. The largest absolute Gasteiger partial charge is 0.370 e. The molecule has 0 saturated carbocycles. The van der Waals surface area contributed by atoms with Gasteiger partial charge in [-0.25, -0.2) is 0 Å². The molecule has 0 N–H and O–H groups in total. The highest BCUT2D eigenvalue weighted by molar-refractivity contribution is 9.10. The van der Waals surface area contributed by atoms with Gasteiger partial charge in [-0.2, -0.15) is 0 Å². The summed E-state index contributed by atoms with van der Waals surface area (Å²) in [4.78, 5) is 13.2. The molecule has 0 atom stereocenters. The molecule has 0 spiro atoms. The van der Waals surface area contributed by atoms with E-state index in [-0.39, 0.29) is 0 Å². The summed E-state index contributed by atoms with van der Waals surface area (Å²) in [7, 11) is 0. The van der Waals surface area contributed by atoms with Gasteiger partial charge in [0, 0.05) is 23.1 Å². The molecule has 2 rings (SSSR count). The third kappa shape index (κ3) is 2.46. The second-order valence-electron chi connectivity index (χ2n) is 5.21. The van der Waals surface area contributed by atoms with Gasteiger partial charge in [0.2, 0.25) is 0 Å². The molecule has 1 aromatic rings. The number of aldehydes is 1. The van der Waals surface area contributed by atoms with E-state index in [2.05, 4.69) is 40.7 Å². The van der Waals surface area contributed by atoms with Crippen LogP contribution in [0.3, 0.4) is 0 Å². The average Bonchev–Trinajstić information content (AvgIpc) is 2.83. The zero-order valence-corrected chi connectivity index (χ0v) is 12.7. The third-order valence-electron chi connectivity index (χ3n) is 4.39. The van der Waals surface area contributed by atoms with Crippen LogP contribution in [0.25, 0.3) is 0 Å². The minimum Gasteiger partial charge on any atom is -0.370 e. The Morgan fingerprint density at radius 2 is 2.11 bits per heavy atom. The molecule has 1 aliphatic heterocycles. The average molecular weight is 310 g/mol. The van der Waals surface area contributed by atoms with Gasteiger partial charge in [-0.1, -0.05) is 13.8 Å². The van der Waals surface area contributed by atoms with Gasteiger partial charge in [0.25, 0.3) is 0 Å². The first kappa shape index (κ1) is 13.6. The summed E-state index contributed by atoms with van der Waals surface area (Å²) in [5.41, 5.74) is 2.41. The predicted molar refractivity (Wildman–Crippen MR) is 79.4 cm³/mol. The highest BCUT2D eigenvalue weighted by Crippen LogP contribution is 2.40. The van der Waals surface area contributed by atoms with Crippen molar-refractivity contribution in [2.45, 2.75) is 33.1 Å². The van der Waals surface area contributed by atoms with Gasteiger partial charge in [0.05, 0.1) is 5.69 Å². The van der Waals surface area contributed by atoms with E-state index >= 15 is 0 Å². The lowest BCUT2D eigenvalue weighted by atomic mass is 9.82. The van der Waals surface area contributed by atoms with Crippen molar-refractivity contribution < 1.29 is 4.79 Å². The molecular formula is C15H20BrNO. The molecule has 2 nitrogen and oxygen atoms in total. The van der Waals surface area contributed by atoms with Crippen molar-refractivity contribution in [2.24, 2.45) is 5.41 Å². The van der Waals surface area contributed by atoms with Gasteiger partial charge >= 0.3 is 0 Å². The molecule has 0 bridgehead atoms. The van der Waals surface area contributed by atoms with Crippen LogP contribution in [0.4, 0.5) is 5.69 Å². The number of nitrogens with zero attached hydrogens (tertiary/aromatic N) is 1. The van der Waals surface area contributed by atoms with E-state index in [1.54, 1.807) is 0 Å². The number of benzene rings is 1. The number of hydrogen-bond donors (Lipinski definition) is 0. The Morgan fingerprint density at radius 3 is 2.61 bits per heavy atom. The lowest BCUT2D eigenvalue weighted by Gasteiger charge is -2.27. The quantitative estimate of drug-likeness (QED) is 0.774. The number of anilines is 1. The standard InChI is InChI=1S/C15H20BrNO/c1-3-15(4-2)7-8-17(11-15)14-6-5-12(10-18)9-13(14)16/h5-6,9-10H,3-4,7-8,11H2,1-2H3. The van der Waals surface area contributed by atoms with E-state index in [1.165, 1.54) is 24.9 Å². The summed E-state index contributed by atoms with van der Waals surface area (Å²) in [6.45, 7) is 6.81. The summed E-state index contributed by atoms with van der Waals surface area (Å²) in [6, 6.07) is 5.85. The SMILES string of the molecule is CCC1(CC)CCN(c2ccc(C=O)cc2Br)C1. The van der Waals surface area contributed by atoms with Crippen molar-refractivity contribution in [3.63, 3.8) is 0 Å². The maximum atomic E-state index is 10.8. The van der Waals surface area contributed by atoms with Gasteiger partial charge in [-0.05, 0) is 58.8 Å². The molecule has 0 aliphatic carbocycles. The molecule has 18 heavy (non-hydrogen) atoms. The first-order valence-electron chi connectivity index (χ1n) is 6.64. The number of rotatable bonds is 4. The van der Waals surface area contributed by atoms with Gasteiger partial charge in [-0.15, -0.1) is 0 Å². The van der Waals surface area contributed by atoms with E-state index < -0.39 is 0 Å². The van der Waals surface area contributed by atoms with Crippen LogP contribution >= 0.6 is 15.9 Å². The van der Waals surface area contributed by atoms with Crippen LogP contribution in [0.2, 0.25) is 0 Å². The minimum atomic E-state index is 0.475. The summed E-state index contributed by atoms with van der Waals surface area (Å²) >= 11 is 3.58. The van der Waals surface area contributed by atoms with E-state index in [0.29, 0.717) is 5.41 Å². The second kappa shape index (κ2) is 5.43. The Balaban J connectivity index is 2.21. The van der Waals surface area contributed by atoms with Gasteiger partial charge in [0.15, 0.2) is 0 Å². The predicted octanol–water partition coefficient (Wildman–Crippen LogP) is 4.28. The fraction of sp³-hybridized carbons (Fsp3) is 0.533. The minimum absolute atomic E-state index is 0.475. The monoisotopic (exact) mass is 309 g/mol. The topological polar surface area (TPSA) is 20.3 Å². The lowest BCUT2D eigenvalue weighted by molar-refractivity contribution is 0.112. The lowest BCUT2D eigenvalue weighted by Crippen LogP contribution is -2.26. The molecule has 1 fully saturated rings. The van der Waals surface area contributed by atoms with Crippen molar-refractivity contribution in [2.75, 3.05) is 18.0 Å². The number of carbonyl (C=O) groups excluding carboxylic acids is 1. The number of hydrogen-bond acceptors (Lipinski definition) is 2. The summed E-state index contributed by atoms with van der Waals surface area (Å²) in [5.74, 6) is 0. The highest BCUT2D eigenvalue weighted by atomic mass is 79.9. The molecule has 98 valence electrons. The molecule has 0 amide bonds. The zero-order chi connectivity index (χ0) is 13.2. The van der Waals surface area contributed by atoms with Crippen molar-refractivity contribution >= 4 is 27.9 Å². The Morgan fingerprint density at radius 1 is 1.39 bits per heavy atom. The van der Waals surface area contributed by atoms with E-state index in [1.807, 2.05) is 12.1 Å². The van der Waals surface area contributed by atoms with E-state index in [9.17, 15) is 4.79 Å². The Bertz CT molecular complexity index is 440. The Labute approximate surface area is 117 Å². The normalized spacial score (nSPS) is 18.1. The maximum Gasteiger partial charge on any atom is 0.150 e. The molecule has 0 aromatic heterocycles. The summed E-state index contributed by atoms with van der Waals surface area (Å²) in [6.07, 6.45) is 4.64. The Hall–Kier alpha value is -0.830. The first-order valence-corrected chi connectivity index (χ1v) is 7.43. The van der Waals surface area contributed by atoms with Crippen LogP contribution in [0.15, 0.2) is 22.7 Å². The molecule has 3 heteroatoms. The molecule has 1 saturated heterocycles. The van der Waals surface area contributed by atoms with Crippen LogP contribution in [0.5, 0.6) is 0 Å². The maximum absolute atomic E-state index is 10.8. The molecule has 0 unspecified atom stereocenters. The van der Waals surface area contributed by atoms with Crippen LogP contribution < -0.4 is 4.90 Å². The third-order valence-corrected chi connectivity index (χ3v) is 5.02. The van der Waals surface area contributed by atoms with Crippen molar-refractivity contribution in [3.8, 4) is 0 Å². The fourth-order valence-electron chi connectivity index (χ4n) is 2.82.